The number of hydrogen-bond acceptors (Lipinski definition) is 4. The third kappa shape index (κ3) is 4.00. The maximum Gasteiger partial charge on any atom is 0.271 e. The number of nitrogens with zero attached hydrogens (tertiary/aromatic N) is 2. The van der Waals surface area contributed by atoms with Crippen molar-refractivity contribution >= 4 is 5.91 Å². The molecule has 0 aromatic carbocycles. The quantitative estimate of drug-likeness (QED) is 0.686. The fraction of sp³-hybridized carbons (Fsp3) is 0.600. The van der Waals surface area contributed by atoms with Crippen molar-refractivity contribution in [1.29, 1.82) is 0 Å². The molecule has 0 aliphatic heterocycles. The molecule has 0 aliphatic carbocycles. The summed E-state index contributed by atoms with van der Waals surface area (Å²) < 4.78 is 6.48. The summed E-state index contributed by atoms with van der Waals surface area (Å²) in [4.78, 5) is 11.5. The number of aryl methyl sites for hydroxylation is 1. The number of nitrogens with one attached hydrogen (secondary N) is 1. The van der Waals surface area contributed by atoms with Gasteiger partial charge in [0.2, 0.25) is 0 Å². The first-order chi connectivity index (χ1) is 7.63. The highest BCUT2D eigenvalue weighted by Crippen LogP contribution is 1.94. The standard InChI is InChI=1S/C10H18N4O2/c1-14-6-4-9(13-14)10(15)12-5-3-8(11)7-16-2/h4,6,8H,3,5,7,11H2,1-2H3,(H,12,15). The maximum atomic E-state index is 11.5. The van der Waals surface area contributed by atoms with Crippen molar-refractivity contribution in [2.45, 2.75) is 12.5 Å². The molecule has 1 aromatic heterocycles. The summed E-state index contributed by atoms with van der Waals surface area (Å²) in [5.41, 5.74) is 6.14. The monoisotopic (exact) mass is 226 g/mol. The number of amides is 1. The van der Waals surface area contributed by atoms with Gasteiger partial charge in [-0.1, -0.05) is 0 Å². The summed E-state index contributed by atoms with van der Waals surface area (Å²) in [5.74, 6) is -0.176. The van der Waals surface area contributed by atoms with Crippen LogP contribution in [-0.4, -0.2) is 42.0 Å². The molecule has 1 amide bonds. The predicted molar refractivity (Wildman–Crippen MR) is 60.0 cm³/mol. The van der Waals surface area contributed by atoms with Crippen molar-refractivity contribution in [3.63, 3.8) is 0 Å². The number of carbonyl (C=O) groups is 1. The summed E-state index contributed by atoms with van der Waals surface area (Å²) in [5, 5.41) is 6.74. The minimum atomic E-state index is -0.176. The molecule has 6 heteroatoms. The zero-order valence-electron chi connectivity index (χ0n) is 9.64. The second-order valence-corrected chi connectivity index (χ2v) is 3.63. The van der Waals surface area contributed by atoms with E-state index >= 15 is 0 Å². The molecule has 3 N–H and O–H groups in total. The largest absolute Gasteiger partial charge is 0.383 e. The molecular formula is C10H18N4O2. The second kappa shape index (κ2) is 6.24. The predicted octanol–water partition coefficient (Wildman–Crippen LogP) is -0.486. The van der Waals surface area contributed by atoms with E-state index in [1.165, 1.54) is 0 Å². The molecule has 1 heterocycles. The topological polar surface area (TPSA) is 82.2 Å². The molecule has 1 unspecified atom stereocenters. The summed E-state index contributed by atoms with van der Waals surface area (Å²) in [7, 11) is 3.37. The van der Waals surface area contributed by atoms with Crippen LogP contribution in [0.5, 0.6) is 0 Å². The zero-order valence-corrected chi connectivity index (χ0v) is 9.64. The Morgan fingerprint density at radius 1 is 1.75 bits per heavy atom. The smallest absolute Gasteiger partial charge is 0.271 e. The van der Waals surface area contributed by atoms with Crippen molar-refractivity contribution in [1.82, 2.24) is 15.1 Å². The summed E-state index contributed by atoms with van der Waals surface area (Å²) >= 11 is 0. The number of nitrogens with two attached hydrogens (primary N) is 1. The van der Waals surface area contributed by atoms with Crippen molar-refractivity contribution in [3.8, 4) is 0 Å². The number of aromatic nitrogens is 2. The summed E-state index contributed by atoms with van der Waals surface area (Å²) in [6, 6.07) is 1.62. The normalized spacial score (nSPS) is 12.4. The summed E-state index contributed by atoms with van der Waals surface area (Å²) in [6.45, 7) is 1.03. The summed E-state index contributed by atoms with van der Waals surface area (Å²) in [6.07, 6.45) is 2.41. The lowest BCUT2D eigenvalue weighted by atomic mass is 10.2. The molecule has 0 fully saturated rings. The first-order valence-corrected chi connectivity index (χ1v) is 5.16. The first kappa shape index (κ1) is 12.7. The van der Waals surface area contributed by atoms with Crippen molar-refractivity contribution < 1.29 is 9.53 Å². The Labute approximate surface area is 94.8 Å². The van der Waals surface area contributed by atoms with Crippen LogP contribution in [0.2, 0.25) is 0 Å². The van der Waals surface area contributed by atoms with Crippen LogP contribution in [0.3, 0.4) is 0 Å². The van der Waals surface area contributed by atoms with Crippen LogP contribution >= 0.6 is 0 Å². The van der Waals surface area contributed by atoms with Gasteiger partial charge in [-0.3, -0.25) is 9.48 Å². The van der Waals surface area contributed by atoms with E-state index in [2.05, 4.69) is 10.4 Å². The van der Waals surface area contributed by atoms with E-state index in [9.17, 15) is 4.79 Å². The molecule has 0 aliphatic rings. The molecule has 0 saturated carbocycles. The third-order valence-corrected chi connectivity index (χ3v) is 2.13. The minimum Gasteiger partial charge on any atom is -0.383 e. The van der Waals surface area contributed by atoms with Crippen molar-refractivity contribution in [2.24, 2.45) is 12.8 Å². The van der Waals surface area contributed by atoms with Crippen LogP contribution < -0.4 is 11.1 Å². The highest BCUT2D eigenvalue weighted by molar-refractivity contribution is 5.92. The van der Waals surface area contributed by atoms with E-state index in [1.54, 1.807) is 31.1 Å². The molecule has 0 bridgehead atoms. The van der Waals surface area contributed by atoms with E-state index in [0.717, 1.165) is 0 Å². The molecule has 1 atom stereocenters. The maximum absolute atomic E-state index is 11.5. The molecule has 0 radical (unpaired) electrons. The molecule has 1 rings (SSSR count). The minimum absolute atomic E-state index is 0.0472. The highest BCUT2D eigenvalue weighted by atomic mass is 16.5. The molecule has 0 saturated heterocycles. The van der Waals surface area contributed by atoms with Gasteiger partial charge in [0.1, 0.15) is 5.69 Å². The van der Waals surface area contributed by atoms with E-state index < -0.39 is 0 Å². The fourth-order valence-corrected chi connectivity index (χ4v) is 1.30. The third-order valence-electron chi connectivity index (χ3n) is 2.13. The van der Waals surface area contributed by atoms with Gasteiger partial charge in [0.25, 0.3) is 5.91 Å². The molecule has 1 aromatic rings. The molecule has 16 heavy (non-hydrogen) atoms. The lowest BCUT2D eigenvalue weighted by molar-refractivity contribution is 0.0944. The number of methoxy groups -OCH3 is 1. The van der Waals surface area contributed by atoms with Crippen LogP contribution in [0.25, 0.3) is 0 Å². The first-order valence-electron chi connectivity index (χ1n) is 5.16. The Hall–Kier alpha value is -1.40. The number of hydrogen-bond donors (Lipinski definition) is 2. The van der Waals surface area contributed by atoms with Crippen molar-refractivity contribution in [3.05, 3.63) is 18.0 Å². The van der Waals surface area contributed by atoms with Crippen LogP contribution in [0.4, 0.5) is 0 Å². The zero-order chi connectivity index (χ0) is 12.0. The van der Waals surface area contributed by atoms with Gasteiger partial charge >= 0.3 is 0 Å². The van der Waals surface area contributed by atoms with Crippen molar-refractivity contribution in [2.75, 3.05) is 20.3 Å². The van der Waals surface area contributed by atoms with Gasteiger partial charge < -0.3 is 15.8 Å². The second-order valence-electron chi connectivity index (χ2n) is 3.63. The SMILES string of the molecule is COCC(N)CCNC(=O)c1ccn(C)n1. The average molecular weight is 226 g/mol. The van der Waals surface area contributed by atoms with E-state index in [4.69, 9.17) is 10.5 Å². The number of ether oxygens (including phenoxy) is 1. The van der Waals surface area contributed by atoms with Crippen LogP contribution in [-0.2, 0) is 11.8 Å². The van der Waals surface area contributed by atoms with E-state index in [-0.39, 0.29) is 11.9 Å². The van der Waals surface area contributed by atoms with Crippen LogP contribution in [0.15, 0.2) is 12.3 Å². The molecule has 90 valence electrons. The average Bonchev–Trinajstić information content (AvgIpc) is 2.65. The van der Waals surface area contributed by atoms with Gasteiger partial charge in [-0.05, 0) is 12.5 Å². The Balaban J connectivity index is 2.25. The lowest BCUT2D eigenvalue weighted by Gasteiger charge is -2.10. The van der Waals surface area contributed by atoms with Gasteiger partial charge in [-0.15, -0.1) is 0 Å². The Morgan fingerprint density at radius 2 is 2.50 bits per heavy atom. The molecule has 6 nitrogen and oxygen atoms in total. The highest BCUT2D eigenvalue weighted by Gasteiger charge is 2.08. The van der Waals surface area contributed by atoms with Crippen LogP contribution in [0.1, 0.15) is 16.9 Å². The number of rotatable bonds is 6. The van der Waals surface area contributed by atoms with Gasteiger partial charge in [-0.25, -0.2) is 0 Å². The Bertz CT molecular complexity index is 337. The molecule has 0 spiro atoms. The number of carbonyl (C=O) groups excluding carboxylic acids is 1. The fourth-order valence-electron chi connectivity index (χ4n) is 1.30. The van der Waals surface area contributed by atoms with E-state index in [1.807, 2.05) is 0 Å². The Morgan fingerprint density at radius 3 is 3.06 bits per heavy atom. The molecular weight excluding hydrogens is 208 g/mol. The van der Waals surface area contributed by atoms with Crippen LogP contribution in [0, 0.1) is 0 Å². The van der Waals surface area contributed by atoms with Gasteiger partial charge in [0, 0.05) is 32.9 Å². The Kier molecular flexibility index (Phi) is 4.94. The van der Waals surface area contributed by atoms with Gasteiger partial charge in [-0.2, -0.15) is 5.10 Å². The lowest BCUT2D eigenvalue weighted by Crippen LogP contribution is -2.33. The van der Waals surface area contributed by atoms with E-state index in [0.29, 0.717) is 25.3 Å². The van der Waals surface area contributed by atoms with Gasteiger partial charge in [0.05, 0.1) is 6.61 Å². The van der Waals surface area contributed by atoms with Gasteiger partial charge in [0.15, 0.2) is 0 Å².